The molecule has 2 aliphatic rings. The quantitative estimate of drug-likeness (QED) is 0.667. The zero-order valence-electron chi connectivity index (χ0n) is 12.2. The molecular formula is C15H20ClN3O3. The van der Waals surface area contributed by atoms with Gasteiger partial charge in [0.25, 0.3) is 11.6 Å². The molecule has 0 aromatic heterocycles. The standard InChI is InChI=1S/C15H19N3O3.ClH/c19-15(13-3-1-2-4-14(13)18(20)21)17-7-5-11-9-16-10-12(11)6-8-17;/h1-4,11-12,16H,5-10H2;1H/t11-,12+;. The van der Waals surface area contributed by atoms with E-state index < -0.39 is 4.92 Å². The molecule has 2 fully saturated rings. The number of carbonyl (C=O) groups excluding carboxylic acids is 1. The minimum Gasteiger partial charge on any atom is -0.338 e. The van der Waals surface area contributed by atoms with E-state index in [0.29, 0.717) is 24.9 Å². The average molecular weight is 326 g/mol. The summed E-state index contributed by atoms with van der Waals surface area (Å²) >= 11 is 0. The molecule has 6 nitrogen and oxygen atoms in total. The highest BCUT2D eigenvalue weighted by Gasteiger charge is 2.33. The van der Waals surface area contributed by atoms with Crippen LogP contribution in [0.15, 0.2) is 24.3 Å². The van der Waals surface area contributed by atoms with Gasteiger partial charge in [-0.2, -0.15) is 0 Å². The Morgan fingerprint density at radius 2 is 1.77 bits per heavy atom. The van der Waals surface area contributed by atoms with Crippen molar-refractivity contribution in [2.75, 3.05) is 26.2 Å². The van der Waals surface area contributed by atoms with Crippen molar-refractivity contribution in [2.45, 2.75) is 12.8 Å². The number of nitrogens with zero attached hydrogens (tertiary/aromatic N) is 2. The van der Waals surface area contributed by atoms with Crippen LogP contribution in [0.2, 0.25) is 0 Å². The third-order valence-electron chi connectivity index (χ3n) is 4.64. The Labute approximate surface area is 135 Å². The summed E-state index contributed by atoms with van der Waals surface area (Å²) in [6.45, 7) is 3.43. The molecule has 1 aromatic rings. The number of para-hydroxylation sites is 1. The van der Waals surface area contributed by atoms with Gasteiger partial charge in [0, 0.05) is 19.2 Å². The molecule has 0 aliphatic carbocycles. The number of likely N-dealkylation sites (tertiary alicyclic amines) is 1. The summed E-state index contributed by atoms with van der Waals surface area (Å²) in [6.07, 6.45) is 1.95. The van der Waals surface area contributed by atoms with Crippen molar-refractivity contribution >= 4 is 24.0 Å². The maximum Gasteiger partial charge on any atom is 0.282 e. The number of halogens is 1. The summed E-state index contributed by atoms with van der Waals surface area (Å²) in [6, 6.07) is 6.21. The van der Waals surface area contributed by atoms with Crippen molar-refractivity contribution in [1.29, 1.82) is 0 Å². The van der Waals surface area contributed by atoms with E-state index in [4.69, 9.17) is 0 Å². The summed E-state index contributed by atoms with van der Waals surface area (Å²) in [4.78, 5) is 25.0. The maximum atomic E-state index is 12.6. The highest BCUT2D eigenvalue weighted by molar-refractivity contribution is 5.98. The summed E-state index contributed by atoms with van der Waals surface area (Å²) in [7, 11) is 0. The number of carbonyl (C=O) groups is 1. The van der Waals surface area contributed by atoms with E-state index in [-0.39, 0.29) is 29.6 Å². The molecule has 0 spiro atoms. The number of hydrogen-bond acceptors (Lipinski definition) is 4. The van der Waals surface area contributed by atoms with E-state index in [2.05, 4.69) is 5.32 Å². The molecule has 0 radical (unpaired) electrons. The zero-order valence-corrected chi connectivity index (χ0v) is 13.1. The molecule has 1 aromatic carbocycles. The van der Waals surface area contributed by atoms with Crippen LogP contribution in [0, 0.1) is 22.0 Å². The predicted octanol–water partition coefficient (Wildman–Crippen LogP) is 2.09. The van der Waals surface area contributed by atoms with Gasteiger partial charge < -0.3 is 10.2 Å². The van der Waals surface area contributed by atoms with Crippen molar-refractivity contribution in [3.63, 3.8) is 0 Å². The number of nitro groups is 1. The molecule has 0 bridgehead atoms. The molecule has 7 heteroatoms. The molecule has 0 saturated carbocycles. The number of amides is 1. The number of rotatable bonds is 2. The van der Waals surface area contributed by atoms with Crippen LogP contribution in [0.4, 0.5) is 5.69 Å². The summed E-state index contributed by atoms with van der Waals surface area (Å²) < 4.78 is 0. The first-order valence-electron chi connectivity index (χ1n) is 7.40. The molecular weight excluding hydrogens is 306 g/mol. The Morgan fingerprint density at radius 3 is 2.36 bits per heavy atom. The molecule has 2 atom stereocenters. The number of hydrogen-bond donors (Lipinski definition) is 1. The lowest BCUT2D eigenvalue weighted by molar-refractivity contribution is -0.385. The van der Waals surface area contributed by atoms with Gasteiger partial charge >= 0.3 is 0 Å². The van der Waals surface area contributed by atoms with E-state index in [9.17, 15) is 14.9 Å². The molecule has 120 valence electrons. The second-order valence-corrected chi connectivity index (χ2v) is 5.82. The smallest absolute Gasteiger partial charge is 0.282 e. The Bertz CT molecular complexity index is 553. The SMILES string of the molecule is Cl.O=C(c1ccccc1[N+](=O)[O-])N1CC[C@@H]2CNC[C@@H]2CC1. The highest BCUT2D eigenvalue weighted by atomic mass is 35.5. The molecule has 1 N–H and O–H groups in total. The van der Waals surface area contributed by atoms with Crippen molar-refractivity contribution < 1.29 is 9.72 Å². The molecule has 2 saturated heterocycles. The van der Waals surface area contributed by atoms with Crippen molar-refractivity contribution in [2.24, 2.45) is 11.8 Å². The maximum absolute atomic E-state index is 12.6. The van der Waals surface area contributed by atoms with Gasteiger partial charge in [-0.25, -0.2) is 0 Å². The van der Waals surface area contributed by atoms with Gasteiger partial charge in [0.15, 0.2) is 0 Å². The van der Waals surface area contributed by atoms with Crippen LogP contribution in [0.25, 0.3) is 0 Å². The first-order valence-corrected chi connectivity index (χ1v) is 7.40. The zero-order chi connectivity index (χ0) is 14.8. The molecule has 2 aliphatic heterocycles. The second-order valence-electron chi connectivity index (χ2n) is 5.82. The molecule has 2 heterocycles. The lowest BCUT2D eigenvalue weighted by Gasteiger charge is -2.20. The predicted molar refractivity (Wildman–Crippen MR) is 85.3 cm³/mol. The number of nitro benzene ring substituents is 1. The lowest BCUT2D eigenvalue weighted by Crippen LogP contribution is -2.33. The average Bonchev–Trinajstić information content (AvgIpc) is 2.85. The van der Waals surface area contributed by atoms with Gasteiger partial charge in [-0.05, 0) is 43.8 Å². The first-order chi connectivity index (χ1) is 10.2. The topological polar surface area (TPSA) is 75.5 Å². The van der Waals surface area contributed by atoms with Crippen LogP contribution in [0.1, 0.15) is 23.2 Å². The van der Waals surface area contributed by atoms with Crippen LogP contribution >= 0.6 is 12.4 Å². The Hall–Kier alpha value is -1.66. The summed E-state index contributed by atoms with van der Waals surface area (Å²) in [5.74, 6) is 1.05. The molecule has 3 rings (SSSR count). The normalized spacial score (nSPS) is 24.1. The number of fused-ring (bicyclic) bond motifs is 1. The molecule has 22 heavy (non-hydrogen) atoms. The third-order valence-corrected chi connectivity index (χ3v) is 4.64. The van der Waals surface area contributed by atoms with Crippen LogP contribution in [-0.4, -0.2) is 41.9 Å². The Kier molecular flexibility index (Phi) is 5.37. The molecule has 0 unspecified atom stereocenters. The third kappa shape index (κ3) is 3.23. The first kappa shape index (κ1) is 16.7. The molecule has 1 amide bonds. The number of benzene rings is 1. The van der Waals surface area contributed by atoms with Gasteiger partial charge in [0.2, 0.25) is 0 Å². The van der Waals surface area contributed by atoms with E-state index in [1.54, 1.807) is 23.1 Å². The lowest BCUT2D eigenvalue weighted by atomic mass is 9.92. The van der Waals surface area contributed by atoms with E-state index in [1.807, 2.05) is 0 Å². The number of nitrogens with one attached hydrogen (secondary N) is 1. The fraction of sp³-hybridized carbons (Fsp3) is 0.533. The van der Waals surface area contributed by atoms with Gasteiger partial charge in [-0.15, -0.1) is 12.4 Å². The largest absolute Gasteiger partial charge is 0.338 e. The van der Waals surface area contributed by atoms with Crippen molar-refractivity contribution in [3.05, 3.63) is 39.9 Å². The highest BCUT2D eigenvalue weighted by Crippen LogP contribution is 2.28. The van der Waals surface area contributed by atoms with E-state index >= 15 is 0 Å². The Morgan fingerprint density at radius 1 is 1.18 bits per heavy atom. The Balaban J connectivity index is 0.00000176. The van der Waals surface area contributed by atoms with Crippen molar-refractivity contribution in [1.82, 2.24) is 10.2 Å². The van der Waals surface area contributed by atoms with Gasteiger partial charge in [-0.3, -0.25) is 14.9 Å². The fourth-order valence-corrected chi connectivity index (χ4v) is 3.41. The van der Waals surface area contributed by atoms with E-state index in [1.165, 1.54) is 6.07 Å². The van der Waals surface area contributed by atoms with Gasteiger partial charge in [0.05, 0.1) is 4.92 Å². The van der Waals surface area contributed by atoms with Crippen LogP contribution in [0.5, 0.6) is 0 Å². The second kappa shape index (κ2) is 7.07. The van der Waals surface area contributed by atoms with Gasteiger partial charge in [0.1, 0.15) is 5.56 Å². The van der Waals surface area contributed by atoms with Crippen LogP contribution in [0.3, 0.4) is 0 Å². The van der Waals surface area contributed by atoms with Crippen LogP contribution < -0.4 is 5.32 Å². The van der Waals surface area contributed by atoms with Crippen LogP contribution in [-0.2, 0) is 0 Å². The summed E-state index contributed by atoms with van der Waals surface area (Å²) in [5, 5.41) is 14.5. The summed E-state index contributed by atoms with van der Waals surface area (Å²) in [5.41, 5.74) is 0.0984. The fourth-order valence-electron chi connectivity index (χ4n) is 3.41. The minimum atomic E-state index is -0.482. The van der Waals surface area contributed by atoms with Crippen molar-refractivity contribution in [3.8, 4) is 0 Å². The monoisotopic (exact) mass is 325 g/mol. The van der Waals surface area contributed by atoms with Gasteiger partial charge in [-0.1, -0.05) is 12.1 Å². The van der Waals surface area contributed by atoms with E-state index in [0.717, 1.165) is 25.9 Å². The minimum absolute atomic E-state index is 0.